The normalized spacial score (nSPS) is 15.8. The molecule has 8 heavy (non-hydrogen) atoms. The van der Waals surface area contributed by atoms with Crippen molar-refractivity contribution in [2.75, 3.05) is 0 Å². The predicted octanol–water partition coefficient (Wildman–Crippen LogP) is 0.741. The van der Waals surface area contributed by atoms with Crippen LogP contribution in [0.4, 0.5) is 0 Å². The van der Waals surface area contributed by atoms with Gasteiger partial charge < -0.3 is 10.8 Å². The zero-order chi connectivity index (χ0) is 7.15. The van der Waals surface area contributed by atoms with Crippen molar-refractivity contribution in [2.24, 2.45) is 5.73 Å². The van der Waals surface area contributed by atoms with E-state index < -0.39 is 0 Å². The van der Waals surface area contributed by atoms with E-state index in [9.17, 15) is 0 Å². The Hall–Kier alpha value is -0.0800. The van der Waals surface area contributed by atoms with Crippen LogP contribution in [0.5, 0.6) is 0 Å². The zero-order valence-corrected chi connectivity index (χ0v) is 6.18. The molecule has 2 nitrogen and oxygen atoms in total. The maximum absolute atomic E-state index is 8.50. The minimum absolute atomic E-state index is 0.0926. The first-order chi connectivity index (χ1) is 3.64. The van der Waals surface area contributed by atoms with E-state index in [2.05, 4.69) is 0 Å². The highest BCUT2D eigenvalue weighted by atomic mass is 16.3. The van der Waals surface area contributed by atoms with Gasteiger partial charge in [-0.1, -0.05) is 13.8 Å². The van der Waals surface area contributed by atoms with Crippen molar-refractivity contribution in [1.82, 2.24) is 0 Å². The molecule has 0 aliphatic carbocycles. The Morgan fingerprint density at radius 3 is 1.38 bits per heavy atom. The van der Waals surface area contributed by atoms with Gasteiger partial charge in [0.05, 0.1) is 6.10 Å². The number of rotatable bonds is 1. The fraction of sp³-hybridized carbons (Fsp3) is 1.00. The fourth-order valence-corrected chi connectivity index (χ4v) is 0. The summed E-state index contributed by atoms with van der Waals surface area (Å²) >= 11 is 0. The molecule has 0 fully saturated rings. The molecule has 0 amide bonds. The van der Waals surface area contributed by atoms with Crippen LogP contribution in [-0.2, 0) is 0 Å². The summed E-state index contributed by atoms with van der Waals surface area (Å²) in [7, 11) is 0. The predicted molar refractivity (Wildman–Crippen MR) is 36.7 cm³/mol. The summed E-state index contributed by atoms with van der Waals surface area (Å²) in [5.74, 6) is 0. The van der Waals surface area contributed by atoms with Crippen LogP contribution in [0.25, 0.3) is 0 Å². The Morgan fingerprint density at radius 2 is 1.38 bits per heavy atom. The molecule has 1 unspecified atom stereocenters. The third kappa shape index (κ3) is 9.33. The van der Waals surface area contributed by atoms with Crippen LogP contribution in [0, 0.1) is 0 Å². The van der Waals surface area contributed by atoms with Gasteiger partial charge in [-0.05, 0) is 13.8 Å². The van der Waals surface area contributed by atoms with Gasteiger partial charge in [-0.25, -0.2) is 0 Å². The molecule has 0 rings (SSSR count). The fourth-order valence-electron chi connectivity index (χ4n) is 0. The van der Waals surface area contributed by atoms with Crippen LogP contribution >= 0.6 is 0 Å². The van der Waals surface area contributed by atoms with Crippen molar-refractivity contribution in [3.05, 3.63) is 0 Å². The third-order valence-corrected chi connectivity index (χ3v) is 0.761. The van der Waals surface area contributed by atoms with Gasteiger partial charge in [0.1, 0.15) is 0 Å². The van der Waals surface area contributed by atoms with Gasteiger partial charge >= 0.3 is 0 Å². The first kappa shape index (κ1) is 10.8. The largest absolute Gasteiger partial charge is 0.392 e. The average molecular weight is 119 g/mol. The molecule has 0 aliphatic rings. The lowest BCUT2D eigenvalue weighted by Crippen LogP contribution is -2.28. The number of nitrogens with two attached hydrogens (primary N) is 1. The Labute approximate surface area is 51.7 Å². The van der Waals surface area contributed by atoms with Gasteiger partial charge in [-0.3, -0.25) is 0 Å². The summed E-state index contributed by atoms with van der Waals surface area (Å²) in [6.07, 6.45) is -0.370. The number of hydrogen-bond donors (Lipinski definition) is 2. The molecule has 0 aromatic rings. The summed E-state index contributed by atoms with van der Waals surface area (Å²) in [5.41, 5.74) is 5.19. The number of aliphatic hydroxyl groups excluding tert-OH is 1. The monoisotopic (exact) mass is 119 g/mol. The molecule has 0 aromatic heterocycles. The molecule has 0 bridgehead atoms. The highest BCUT2D eigenvalue weighted by Gasteiger charge is 1.97. The van der Waals surface area contributed by atoms with Gasteiger partial charge in [0.25, 0.3) is 0 Å². The summed E-state index contributed by atoms with van der Waals surface area (Å²) in [4.78, 5) is 0. The standard InChI is InChI=1S/C4H11NO.C2H6/c1-3(5)4(2)6;1-2/h3-4,6H,5H2,1-2H3;1-2H3/t3-,4?;/m0./s1. The van der Waals surface area contributed by atoms with Gasteiger partial charge in [0.2, 0.25) is 0 Å². The molecular formula is C6H17NO. The van der Waals surface area contributed by atoms with Crippen LogP contribution in [0.3, 0.4) is 0 Å². The van der Waals surface area contributed by atoms with Crippen molar-refractivity contribution in [3.63, 3.8) is 0 Å². The molecule has 3 N–H and O–H groups in total. The summed E-state index contributed by atoms with van der Waals surface area (Å²) < 4.78 is 0. The number of aliphatic hydroxyl groups is 1. The smallest absolute Gasteiger partial charge is 0.0660 e. The molecule has 52 valence electrons. The molecule has 2 heteroatoms. The van der Waals surface area contributed by atoms with Crippen LogP contribution in [-0.4, -0.2) is 17.3 Å². The Morgan fingerprint density at radius 1 is 1.25 bits per heavy atom. The van der Waals surface area contributed by atoms with Crippen molar-refractivity contribution in [1.29, 1.82) is 0 Å². The maximum atomic E-state index is 8.50. The quantitative estimate of drug-likeness (QED) is 0.535. The summed E-state index contributed by atoms with van der Waals surface area (Å²) in [6.45, 7) is 7.44. The SMILES string of the molecule is CC.CC(O)[C@H](C)N. The van der Waals surface area contributed by atoms with Crippen LogP contribution < -0.4 is 5.73 Å². The van der Waals surface area contributed by atoms with Gasteiger partial charge in [-0.2, -0.15) is 0 Å². The lowest BCUT2D eigenvalue weighted by molar-refractivity contribution is 0.170. The van der Waals surface area contributed by atoms with Crippen molar-refractivity contribution < 1.29 is 5.11 Å². The molecule has 2 atom stereocenters. The van der Waals surface area contributed by atoms with Gasteiger partial charge in [0.15, 0.2) is 0 Å². The third-order valence-electron chi connectivity index (χ3n) is 0.761. The van der Waals surface area contributed by atoms with Crippen molar-refractivity contribution in [2.45, 2.75) is 39.8 Å². The van der Waals surface area contributed by atoms with E-state index in [1.807, 2.05) is 13.8 Å². The highest BCUT2D eigenvalue weighted by Crippen LogP contribution is 1.81. The second-order valence-electron chi connectivity index (χ2n) is 1.60. The molecule has 0 spiro atoms. The van der Waals surface area contributed by atoms with E-state index in [-0.39, 0.29) is 12.1 Å². The molecule has 0 saturated heterocycles. The van der Waals surface area contributed by atoms with E-state index in [4.69, 9.17) is 10.8 Å². The molecule has 0 saturated carbocycles. The van der Waals surface area contributed by atoms with E-state index >= 15 is 0 Å². The maximum Gasteiger partial charge on any atom is 0.0660 e. The van der Waals surface area contributed by atoms with E-state index in [0.717, 1.165) is 0 Å². The molecular weight excluding hydrogens is 102 g/mol. The van der Waals surface area contributed by atoms with E-state index in [1.165, 1.54) is 0 Å². The lowest BCUT2D eigenvalue weighted by atomic mass is 10.2. The van der Waals surface area contributed by atoms with Gasteiger partial charge in [-0.15, -0.1) is 0 Å². The molecule has 0 heterocycles. The van der Waals surface area contributed by atoms with Crippen LogP contribution in [0.2, 0.25) is 0 Å². The summed E-state index contributed by atoms with van der Waals surface area (Å²) in [6, 6.07) is -0.0926. The van der Waals surface area contributed by atoms with Crippen molar-refractivity contribution >= 4 is 0 Å². The topological polar surface area (TPSA) is 46.2 Å². The van der Waals surface area contributed by atoms with Crippen molar-refractivity contribution in [3.8, 4) is 0 Å². The molecule has 0 aromatic carbocycles. The van der Waals surface area contributed by atoms with Crippen LogP contribution in [0.1, 0.15) is 27.7 Å². The zero-order valence-electron chi connectivity index (χ0n) is 6.18. The van der Waals surface area contributed by atoms with E-state index in [0.29, 0.717) is 0 Å². The Bertz CT molecular complexity index is 29.5. The first-order valence-electron chi connectivity index (χ1n) is 3.08. The molecule has 0 aliphatic heterocycles. The number of hydrogen-bond acceptors (Lipinski definition) is 2. The summed E-state index contributed by atoms with van der Waals surface area (Å²) in [5, 5.41) is 8.50. The second kappa shape index (κ2) is 6.92. The lowest BCUT2D eigenvalue weighted by Gasteiger charge is -2.04. The minimum atomic E-state index is -0.370. The highest BCUT2D eigenvalue weighted by molar-refractivity contribution is 4.57. The van der Waals surface area contributed by atoms with Crippen LogP contribution in [0.15, 0.2) is 0 Å². The second-order valence-corrected chi connectivity index (χ2v) is 1.60. The minimum Gasteiger partial charge on any atom is -0.392 e. The first-order valence-corrected chi connectivity index (χ1v) is 3.08. The van der Waals surface area contributed by atoms with Gasteiger partial charge in [0, 0.05) is 6.04 Å². The Balaban J connectivity index is 0. The average Bonchev–Trinajstić information content (AvgIpc) is 1.72. The molecule has 0 radical (unpaired) electrons. The Kier molecular flexibility index (Phi) is 9.36. The van der Waals surface area contributed by atoms with E-state index in [1.54, 1.807) is 13.8 Å².